The fourth-order valence-corrected chi connectivity index (χ4v) is 3.57. The third-order valence-corrected chi connectivity index (χ3v) is 4.64. The van der Waals surface area contributed by atoms with Crippen LogP contribution >= 0.6 is 23.8 Å². The third-order valence-electron chi connectivity index (χ3n) is 4.00. The number of fused-ring (bicyclic) bond motifs is 1. The summed E-state index contributed by atoms with van der Waals surface area (Å²) < 4.78 is 3.00. The minimum Gasteiger partial charge on any atom is -0.329 e. The van der Waals surface area contributed by atoms with E-state index < -0.39 is 0 Å². The molecule has 2 unspecified atom stereocenters. The van der Waals surface area contributed by atoms with Crippen LogP contribution in [0.1, 0.15) is 26.2 Å². The molecule has 2 aromatic rings. The molecule has 0 aliphatic heterocycles. The van der Waals surface area contributed by atoms with E-state index in [0.717, 1.165) is 39.2 Å². The van der Waals surface area contributed by atoms with Gasteiger partial charge in [-0.2, -0.15) is 0 Å². The van der Waals surface area contributed by atoms with E-state index in [1.165, 1.54) is 19.3 Å². The Hall–Kier alpha value is -0.800. The molecule has 1 aromatic carbocycles. The maximum absolute atomic E-state index is 6.19. The highest BCUT2D eigenvalue weighted by Crippen LogP contribution is 2.32. The molecule has 1 aliphatic rings. The standard InChI is InChI=1S/C14H17ClN2S/c1-9-5-6-10(7-9)8-17-12-4-2-3-11(15)13(12)16-14(17)18/h2-4,9-10H,5-8H2,1H3,(H,16,18). The van der Waals surface area contributed by atoms with Crippen LogP contribution in [0.15, 0.2) is 18.2 Å². The van der Waals surface area contributed by atoms with Crippen molar-refractivity contribution in [2.45, 2.75) is 32.7 Å². The van der Waals surface area contributed by atoms with Crippen molar-refractivity contribution in [1.82, 2.24) is 9.55 Å². The Balaban J connectivity index is 1.99. The van der Waals surface area contributed by atoms with Crippen molar-refractivity contribution in [3.8, 4) is 0 Å². The Morgan fingerprint density at radius 1 is 1.44 bits per heavy atom. The van der Waals surface area contributed by atoms with Gasteiger partial charge in [-0.1, -0.05) is 31.0 Å². The van der Waals surface area contributed by atoms with E-state index in [2.05, 4.69) is 22.5 Å². The molecule has 1 aromatic heterocycles. The minimum atomic E-state index is 0.747. The number of hydrogen-bond donors (Lipinski definition) is 1. The topological polar surface area (TPSA) is 20.7 Å². The maximum Gasteiger partial charge on any atom is 0.178 e. The van der Waals surface area contributed by atoms with Gasteiger partial charge in [0.2, 0.25) is 0 Å². The summed E-state index contributed by atoms with van der Waals surface area (Å²) in [6, 6.07) is 5.98. The van der Waals surface area contributed by atoms with E-state index in [1.54, 1.807) is 0 Å². The smallest absolute Gasteiger partial charge is 0.178 e. The number of aromatic nitrogens is 2. The molecule has 0 spiro atoms. The summed E-state index contributed by atoms with van der Waals surface area (Å²) >= 11 is 11.6. The van der Waals surface area contributed by atoms with Crippen LogP contribution in [0.2, 0.25) is 5.02 Å². The van der Waals surface area contributed by atoms with Gasteiger partial charge in [-0.25, -0.2) is 0 Å². The van der Waals surface area contributed by atoms with Crippen LogP contribution < -0.4 is 0 Å². The number of halogens is 1. The number of nitrogens with zero attached hydrogens (tertiary/aromatic N) is 1. The summed E-state index contributed by atoms with van der Waals surface area (Å²) in [6.45, 7) is 3.36. The van der Waals surface area contributed by atoms with Gasteiger partial charge in [0.15, 0.2) is 4.77 Å². The Morgan fingerprint density at radius 2 is 2.28 bits per heavy atom. The van der Waals surface area contributed by atoms with Gasteiger partial charge in [0.25, 0.3) is 0 Å². The second kappa shape index (κ2) is 4.71. The fraction of sp³-hybridized carbons (Fsp3) is 0.500. The molecule has 1 fully saturated rings. The average molecular weight is 281 g/mol. The Kier molecular flexibility index (Phi) is 3.20. The normalized spacial score (nSPS) is 23.9. The quantitative estimate of drug-likeness (QED) is 0.785. The van der Waals surface area contributed by atoms with Crippen molar-refractivity contribution >= 4 is 34.9 Å². The molecule has 4 heteroatoms. The average Bonchev–Trinajstić information content (AvgIpc) is 2.87. The second-order valence-corrected chi connectivity index (χ2v) is 6.25. The van der Waals surface area contributed by atoms with E-state index in [4.69, 9.17) is 23.8 Å². The molecule has 18 heavy (non-hydrogen) atoms. The highest BCUT2D eigenvalue weighted by atomic mass is 35.5. The number of H-pyrrole nitrogens is 1. The van der Waals surface area contributed by atoms with E-state index in [9.17, 15) is 0 Å². The zero-order chi connectivity index (χ0) is 12.7. The van der Waals surface area contributed by atoms with Crippen LogP contribution in [0.4, 0.5) is 0 Å². The monoisotopic (exact) mass is 280 g/mol. The van der Waals surface area contributed by atoms with E-state index in [1.807, 2.05) is 12.1 Å². The predicted octanol–water partition coefficient (Wildman–Crippen LogP) is 4.79. The molecule has 0 saturated heterocycles. The maximum atomic E-state index is 6.19. The van der Waals surface area contributed by atoms with Crippen LogP contribution in [0.25, 0.3) is 11.0 Å². The second-order valence-electron chi connectivity index (χ2n) is 5.46. The Morgan fingerprint density at radius 3 is 3.00 bits per heavy atom. The number of para-hydroxylation sites is 1. The van der Waals surface area contributed by atoms with Gasteiger partial charge in [-0.15, -0.1) is 0 Å². The largest absolute Gasteiger partial charge is 0.329 e. The fourth-order valence-electron chi connectivity index (χ4n) is 3.08. The molecule has 1 N–H and O–H groups in total. The van der Waals surface area contributed by atoms with Crippen molar-refractivity contribution in [1.29, 1.82) is 0 Å². The molecule has 0 radical (unpaired) electrons. The first-order valence-electron chi connectivity index (χ1n) is 6.52. The van der Waals surface area contributed by atoms with Gasteiger partial charge in [0.05, 0.1) is 16.1 Å². The molecule has 0 amide bonds. The highest BCUT2D eigenvalue weighted by molar-refractivity contribution is 7.71. The molecule has 2 atom stereocenters. The summed E-state index contributed by atoms with van der Waals surface area (Å²) in [5, 5.41) is 0.747. The number of nitrogens with one attached hydrogen (secondary N) is 1. The molecule has 1 saturated carbocycles. The van der Waals surface area contributed by atoms with Gasteiger partial charge in [0, 0.05) is 6.54 Å². The highest BCUT2D eigenvalue weighted by Gasteiger charge is 2.22. The van der Waals surface area contributed by atoms with Crippen molar-refractivity contribution < 1.29 is 0 Å². The number of rotatable bonds is 2. The van der Waals surface area contributed by atoms with Gasteiger partial charge < -0.3 is 9.55 Å². The Bertz CT molecular complexity index is 628. The zero-order valence-electron chi connectivity index (χ0n) is 10.4. The SMILES string of the molecule is CC1CCC(Cn2c(=S)[nH]c3c(Cl)cccc32)C1. The van der Waals surface area contributed by atoms with Crippen LogP contribution in [0.3, 0.4) is 0 Å². The number of hydrogen-bond acceptors (Lipinski definition) is 1. The third kappa shape index (κ3) is 2.10. The summed E-state index contributed by atoms with van der Waals surface area (Å²) in [4.78, 5) is 3.23. The van der Waals surface area contributed by atoms with E-state index in [0.29, 0.717) is 0 Å². The summed E-state index contributed by atoms with van der Waals surface area (Å²) in [5.41, 5.74) is 2.10. The van der Waals surface area contributed by atoms with Crippen molar-refractivity contribution in [2.24, 2.45) is 11.8 Å². The molecule has 2 nitrogen and oxygen atoms in total. The molecule has 1 heterocycles. The number of imidazole rings is 1. The number of aromatic amines is 1. The van der Waals surface area contributed by atoms with Crippen LogP contribution in [-0.2, 0) is 6.54 Å². The number of benzene rings is 1. The lowest BCUT2D eigenvalue weighted by atomic mass is 10.1. The summed E-state index contributed by atoms with van der Waals surface area (Å²) in [6.07, 6.45) is 3.98. The lowest BCUT2D eigenvalue weighted by molar-refractivity contribution is 0.444. The minimum absolute atomic E-state index is 0.747. The Labute approximate surface area is 117 Å². The van der Waals surface area contributed by atoms with Crippen molar-refractivity contribution in [3.63, 3.8) is 0 Å². The predicted molar refractivity (Wildman–Crippen MR) is 78.6 cm³/mol. The van der Waals surface area contributed by atoms with E-state index in [-0.39, 0.29) is 0 Å². The van der Waals surface area contributed by atoms with Gasteiger partial charge in [-0.05, 0) is 49.0 Å². The molecule has 96 valence electrons. The van der Waals surface area contributed by atoms with Crippen LogP contribution in [0.5, 0.6) is 0 Å². The molecule has 0 bridgehead atoms. The molecular weight excluding hydrogens is 264 g/mol. The van der Waals surface area contributed by atoms with Crippen molar-refractivity contribution in [2.75, 3.05) is 0 Å². The molecule has 1 aliphatic carbocycles. The first kappa shape index (κ1) is 12.2. The summed E-state index contributed by atoms with van der Waals surface area (Å²) in [7, 11) is 0. The lowest BCUT2D eigenvalue weighted by Gasteiger charge is -2.11. The van der Waals surface area contributed by atoms with Gasteiger partial charge in [-0.3, -0.25) is 0 Å². The van der Waals surface area contributed by atoms with Crippen molar-refractivity contribution in [3.05, 3.63) is 28.0 Å². The molecular formula is C14H17ClN2S. The lowest BCUT2D eigenvalue weighted by Crippen LogP contribution is -2.07. The summed E-state index contributed by atoms with van der Waals surface area (Å²) in [5.74, 6) is 1.61. The van der Waals surface area contributed by atoms with Gasteiger partial charge in [0.1, 0.15) is 0 Å². The van der Waals surface area contributed by atoms with Crippen LogP contribution in [0, 0.1) is 16.6 Å². The molecule has 3 rings (SSSR count). The van der Waals surface area contributed by atoms with Crippen LogP contribution in [-0.4, -0.2) is 9.55 Å². The first-order chi connectivity index (χ1) is 8.65. The van der Waals surface area contributed by atoms with Gasteiger partial charge >= 0.3 is 0 Å². The van der Waals surface area contributed by atoms with E-state index >= 15 is 0 Å². The zero-order valence-corrected chi connectivity index (χ0v) is 12.0. The first-order valence-corrected chi connectivity index (χ1v) is 7.31.